The molecular formula is C15H15BrO3S2. The fourth-order valence-electron chi connectivity index (χ4n) is 1.72. The van der Waals surface area contributed by atoms with Crippen LogP contribution in [0.5, 0.6) is 0 Å². The topological polar surface area (TPSA) is 54.4 Å². The van der Waals surface area contributed by atoms with Gasteiger partial charge in [-0.2, -0.15) is 0 Å². The zero-order chi connectivity index (χ0) is 15.3. The van der Waals surface area contributed by atoms with E-state index in [9.17, 15) is 8.42 Å². The molecule has 0 aliphatic carbocycles. The summed E-state index contributed by atoms with van der Waals surface area (Å²) < 4.78 is 25.2. The standard InChI is InChI=1S/C15H15BrO3S2/c16-13-3-7-15(8-4-13)21(18,19)10-9-20-14-5-1-12(11-17)2-6-14/h1-8,17H,9-11H2. The molecule has 0 spiro atoms. The van der Waals surface area contributed by atoms with Crippen molar-refractivity contribution in [1.29, 1.82) is 0 Å². The highest BCUT2D eigenvalue weighted by Crippen LogP contribution is 2.21. The fourth-order valence-corrected chi connectivity index (χ4v) is 4.55. The lowest BCUT2D eigenvalue weighted by atomic mass is 10.2. The molecule has 0 aliphatic heterocycles. The third kappa shape index (κ3) is 4.85. The Morgan fingerprint density at radius 3 is 2.19 bits per heavy atom. The van der Waals surface area contributed by atoms with Crippen molar-refractivity contribution in [3.8, 4) is 0 Å². The van der Waals surface area contributed by atoms with E-state index in [2.05, 4.69) is 15.9 Å². The van der Waals surface area contributed by atoms with Crippen LogP contribution in [-0.4, -0.2) is 25.0 Å². The number of hydrogen-bond donors (Lipinski definition) is 1. The minimum atomic E-state index is -3.24. The van der Waals surface area contributed by atoms with Gasteiger partial charge >= 0.3 is 0 Å². The molecule has 0 heterocycles. The second-order valence-electron chi connectivity index (χ2n) is 4.42. The SMILES string of the molecule is O=S(=O)(CCSc1ccc(CO)cc1)c1ccc(Br)cc1. The fraction of sp³-hybridized carbons (Fsp3) is 0.200. The van der Waals surface area contributed by atoms with Gasteiger partial charge in [0.1, 0.15) is 0 Å². The zero-order valence-electron chi connectivity index (χ0n) is 11.2. The van der Waals surface area contributed by atoms with Crippen molar-refractivity contribution in [2.45, 2.75) is 16.4 Å². The largest absolute Gasteiger partial charge is 0.392 e. The Kier molecular flexibility index (Phi) is 5.87. The van der Waals surface area contributed by atoms with E-state index < -0.39 is 9.84 Å². The van der Waals surface area contributed by atoms with Gasteiger partial charge in [-0.25, -0.2) is 8.42 Å². The van der Waals surface area contributed by atoms with Gasteiger partial charge in [-0.15, -0.1) is 11.8 Å². The maximum Gasteiger partial charge on any atom is 0.179 e. The highest BCUT2D eigenvalue weighted by atomic mass is 79.9. The molecule has 6 heteroatoms. The molecule has 3 nitrogen and oxygen atoms in total. The van der Waals surface area contributed by atoms with Gasteiger partial charge in [0.2, 0.25) is 0 Å². The lowest BCUT2D eigenvalue weighted by Crippen LogP contribution is -2.08. The van der Waals surface area contributed by atoms with E-state index in [1.54, 1.807) is 24.3 Å². The van der Waals surface area contributed by atoms with Crippen LogP contribution < -0.4 is 0 Å². The Balaban J connectivity index is 1.93. The monoisotopic (exact) mass is 386 g/mol. The Morgan fingerprint density at radius 1 is 1.00 bits per heavy atom. The van der Waals surface area contributed by atoms with Crippen LogP contribution >= 0.6 is 27.7 Å². The number of halogens is 1. The molecule has 0 saturated carbocycles. The summed E-state index contributed by atoms with van der Waals surface area (Å²) in [5.41, 5.74) is 0.849. The molecular weight excluding hydrogens is 372 g/mol. The quantitative estimate of drug-likeness (QED) is 0.771. The van der Waals surface area contributed by atoms with Crippen LogP contribution in [0, 0.1) is 0 Å². The number of benzene rings is 2. The number of sulfone groups is 1. The molecule has 2 aromatic carbocycles. The second kappa shape index (κ2) is 7.45. The van der Waals surface area contributed by atoms with Crippen molar-refractivity contribution in [1.82, 2.24) is 0 Å². The average Bonchev–Trinajstić information content (AvgIpc) is 2.48. The Labute approximate surface area is 137 Å². The molecule has 0 radical (unpaired) electrons. The lowest BCUT2D eigenvalue weighted by molar-refractivity contribution is 0.282. The van der Waals surface area contributed by atoms with Gasteiger partial charge in [-0.05, 0) is 42.0 Å². The van der Waals surface area contributed by atoms with Crippen molar-refractivity contribution in [3.63, 3.8) is 0 Å². The predicted molar refractivity (Wildman–Crippen MR) is 89.3 cm³/mol. The highest BCUT2D eigenvalue weighted by Gasteiger charge is 2.13. The van der Waals surface area contributed by atoms with Crippen LogP contribution in [0.4, 0.5) is 0 Å². The maximum atomic E-state index is 12.2. The van der Waals surface area contributed by atoms with Crippen LogP contribution in [-0.2, 0) is 16.4 Å². The Morgan fingerprint density at radius 2 is 1.62 bits per heavy atom. The minimum absolute atomic E-state index is 0.0168. The minimum Gasteiger partial charge on any atom is -0.392 e. The van der Waals surface area contributed by atoms with E-state index in [4.69, 9.17) is 5.11 Å². The normalized spacial score (nSPS) is 11.5. The van der Waals surface area contributed by atoms with Gasteiger partial charge < -0.3 is 5.11 Å². The van der Waals surface area contributed by atoms with E-state index in [1.165, 1.54) is 11.8 Å². The summed E-state index contributed by atoms with van der Waals surface area (Å²) in [7, 11) is -3.24. The molecule has 0 aliphatic rings. The molecule has 0 unspecified atom stereocenters. The molecule has 1 N–H and O–H groups in total. The van der Waals surface area contributed by atoms with Crippen LogP contribution in [0.1, 0.15) is 5.56 Å². The summed E-state index contributed by atoms with van der Waals surface area (Å²) in [6.07, 6.45) is 0. The summed E-state index contributed by atoms with van der Waals surface area (Å²) in [5, 5.41) is 8.97. The van der Waals surface area contributed by atoms with Crippen molar-refractivity contribution in [2.24, 2.45) is 0 Å². The number of aliphatic hydroxyl groups is 1. The van der Waals surface area contributed by atoms with Crippen LogP contribution in [0.15, 0.2) is 62.8 Å². The molecule has 0 aromatic heterocycles. The second-order valence-corrected chi connectivity index (χ2v) is 8.62. The average molecular weight is 387 g/mol. The van der Waals surface area contributed by atoms with Crippen molar-refractivity contribution in [3.05, 3.63) is 58.6 Å². The van der Waals surface area contributed by atoms with E-state index in [0.717, 1.165) is 14.9 Å². The van der Waals surface area contributed by atoms with Crippen molar-refractivity contribution in [2.75, 3.05) is 11.5 Å². The van der Waals surface area contributed by atoms with Gasteiger partial charge in [0.25, 0.3) is 0 Å². The summed E-state index contributed by atoms with van der Waals surface area (Å²) >= 11 is 4.78. The van der Waals surface area contributed by atoms with Gasteiger partial charge in [0.15, 0.2) is 9.84 Å². The first kappa shape index (κ1) is 16.5. The number of aliphatic hydroxyl groups excluding tert-OH is 1. The molecule has 21 heavy (non-hydrogen) atoms. The summed E-state index contributed by atoms with van der Waals surface area (Å²) in [4.78, 5) is 1.35. The molecule has 0 fully saturated rings. The molecule has 0 atom stereocenters. The molecule has 112 valence electrons. The number of hydrogen-bond acceptors (Lipinski definition) is 4. The molecule has 2 rings (SSSR count). The van der Waals surface area contributed by atoms with Gasteiger partial charge in [0.05, 0.1) is 17.3 Å². The van der Waals surface area contributed by atoms with Crippen LogP contribution in [0.25, 0.3) is 0 Å². The third-order valence-corrected chi connectivity index (χ3v) is 6.43. The first-order chi connectivity index (χ1) is 10.0. The van der Waals surface area contributed by atoms with Crippen molar-refractivity contribution >= 4 is 37.5 Å². The smallest absolute Gasteiger partial charge is 0.179 e. The van der Waals surface area contributed by atoms with E-state index >= 15 is 0 Å². The summed E-state index contributed by atoms with van der Waals surface area (Å²) in [6, 6.07) is 14.1. The Hall–Kier alpha value is -0.820. The maximum absolute atomic E-state index is 12.2. The van der Waals surface area contributed by atoms with Crippen LogP contribution in [0.3, 0.4) is 0 Å². The highest BCUT2D eigenvalue weighted by molar-refractivity contribution is 9.10. The summed E-state index contributed by atoms with van der Waals surface area (Å²) in [6.45, 7) is 0.0168. The number of rotatable bonds is 6. The molecule has 0 amide bonds. The van der Waals surface area contributed by atoms with E-state index in [1.807, 2.05) is 24.3 Å². The van der Waals surface area contributed by atoms with E-state index in [0.29, 0.717) is 10.6 Å². The Bertz CT molecular complexity index is 680. The molecule has 0 bridgehead atoms. The zero-order valence-corrected chi connectivity index (χ0v) is 14.4. The van der Waals surface area contributed by atoms with Gasteiger partial charge in [0, 0.05) is 15.1 Å². The summed E-state index contributed by atoms with van der Waals surface area (Å²) in [5.74, 6) is 0.595. The predicted octanol–water partition coefficient (Wildman–Crippen LogP) is 3.51. The van der Waals surface area contributed by atoms with E-state index in [-0.39, 0.29) is 12.4 Å². The molecule has 2 aromatic rings. The first-order valence-corrected chi connectivity index (χ1v) is 9.75. The van der Waals surface area contributed by atoms with Gasteiger partial charge in [-0.1, -0.05) is 28.1 Å². The van der Waals surface area contributed by atoms with Crippen molar-refractivity contribution < 1.29 is 13.5 Å². The van der Waals surface area contributed by atoms with Gasteiger partial charge in [-0.3, -0.25) is 0 Å². The lowest BCUT2D eigenvalue weighted by Gasteiger charge is -2.05. The number of thioether (sulfide) groups is 1. The third-order valence-electron chi connectivity index (χ3n) is 2.90. The first-order valence-electron chi connectivity index (χ1n) is 6.32. The van der Waals surface area contributed by atoms with Crippen LogP contribution in [0.2, 0.25) is 0 Å². The molecule has 0 saturated heterocycles.